The van der Waals surface area contributed by atoms with Gasteiger partial charge in [0.1, 0.15) is 0 Å². The fourth-order valence-corrected chi connectivity index (χ4v) is 1.71. The van der Waals surface area contributed by atoms with E-state index in [0.29, 0.717) is 10.9 Å². The van der Waals surface area contributed by atoms with Gasteiger partial charge in [-0.2, -0.15) is 0 Å². The molecule has 1 heterocycles. The number of ether oxygens (including phenoxy) is 1. The summed E-state index contributed by atoms with van der Waals surface area (Å²) >= 11 is 4.25. The van der Waals surface area contributed by atoms with Crippen molar-refractivity contribution < 1.29 is 13.5 Å². The van der Waals surface area contributed by atoms with Gasteiger partial charge in [0, 0.05) is 18.0 Å². The number of hydrogen-bond donors (Lipinski definition) is 2. The summed E-state index contributed by atoms with van der Waals surface area (Å²) in [6.45, 7) is 5.13. The maximum absolute atomic E-state index is 10.1. The summed E-state index contributed by atoms with van der Waals surface area (Å²) in [7, 11) is 1.58. The fourth-order valence-electron chi connectivity index (χ4n) is 1.56. The standard InChI is InChI=1S/C13H11ClN2O.C4H10O2S/c1-17-13-12(6-11(14)8-16-13)10-4-2-9(7-15)3-5-10;1-4(2,3)7(5)6/h2-8,15H,1H3;1-3H3,(H,5,6). The summed E-state index contributed by atoms with van der Waals surface area (Å²) in [5.41, 5.74) is 2.65. The Morgan fingerprint density at radius 3 is 2.25 bits per heavy atom. The van der Waals surface area contributed by atoms with Crippen LogP contribution in [0.15, 0.2) is 36.5 Å². The van der Waals surface area contributed by atoms with Gasteiger partial charge in [-0.1, -0.05) is 35.9 Å². The van der Waals surface area contributed by atoms with Gasteiger partial charge in [-0.25, -0.2) is 9.19 Å². The topological polar surface area (TPSA) is 83.3 Å². The van der Waals surface area contributed by atoms with Gasteiger partial charge in [-0.3, -0.25) is 0 Å². The van der Waals surface area contributed by atoms with Crippen LogP contribution in [0.1, 0.15) is 26.3 Å². The molecule has 0 spiro atoms. The minimum absolute atomic E-state index is 0.472. The molecular weight excluding hydrogens is 348 g/mol. The van der Waals surface area contributed by atoms with Crippen molar-refractivity contribution in [2.45, 2.75) is 25.5 Å². The van der Waals surface area contributed by atoms with Crippen LogP contribution in [0.4, 0.5) is 0 Å². The van der Waals surface area contributed by atoms with Crippen LogP contribution in [0.2, 0.25) is 5.02 Å². The van der Waals surface area contributed by atoms with Gasteiger partial charge < -0.3 is 14.7 Å². The third-order valence-electron chi connectivity index (χ3n) is 2.92. The predicted molar refractivity (Wildman–Crippen MR) is 99.6 cm³/mol. The predicted octanol–water partition coefficient (Wildman–Crippen LogP) is 4.41. The van der Waals surface area contributed by atoms with Crippen LogP contribution in [-0.2, 0) is 11.1 Å². The number of pyridine rings is 1. The van der Waals surface area contributed by atoms with Gasteiger partial charge in [0.05, 0.1) is 16.9 Å². The molecule has 0 radical (unpaired) electrons. The smallest absolute Gasteiger partial charge is 0.221 e. The number of halogens is 1. The second kappa shape index (κ2) is 8.92. The SMILES string of the molecule is CC(C)(C)S(=O)O.COc1ncc(Cl)cc1-c1ccc(C=N)cc1. The number of nitrogens with one attached hydrogen (secondary N) is 1. The zero-order valence-electron chi connectivity index (χ0n) is 14.0. The van der Waals surface area contributed by atoms with Crippen molar-refractivity contribution in [3.05, 3.63) is 47.1 Å². The molecule has 0 amide bonds. The first-order valence-corrected chi connectivity index (χ1v) is 8.59. The Kier molecular flexibility index (Phi) is 7.54. The van der Waals surface area contributed by atoms with E-state index in [-0.39, 0.29) is 0 Å². The monoisotopic (exact) mass is 368 g/mol. The zero-order chi connectivity index (χ0) is 18.3. The molecule has 7 heteroatoms. The van der Waals surface area contributed by atoms with E-state index in [0.717, 1.165) is 16.7 Å². The van der Waals surface area contributed by atoms with E-state index in [2.05, 4.69) is 4.98 Å². The lowest BCUT2D eigenvalue weighted by molar-refractivity contribution is 0.399. The molecule has 130 valence electrons. The third-order valence-corrected chi connectivity index (χ3v) is 4.18. The van der Waals surface area contributed by atoms with Crippen LogP contribution in [0, 0.1) is 5.41 Å². The fraction of sp³-hybridized carbons (Fsp3) is 0.294. The van der Waals surface area contributed by atoms with E-state index < -0.39 is 15.8 Å². The summed E-state index contributed by atoms with van der Waals surface area (Å²) < 4.78 is 23.2. The number of aromatic nitrogens is 1. The lowest BCUT2D eigenvalue weighted by Crippen LogP contribution is -2.20. The molecule has 24 heavy (non-hydrogen) atoms. The molecule has 2 N–H and O–H groups in total. The number of nitrogens with zero attached hydrogens (tertiary/aromatic N) is 1. The van der Waals surface area contributed by atoms with Gasteiger partial charge in [0.25, 0.3) is 0 Å². The number of rotatable bonds is 3. The van der Waals surface area contributed by atoms with Gasteiger partial charge in [0.15, 0.2) is 11.1 Å². The third kappa shape index (κ3) is 6.03. The summed E-state index contributed by atoms with van der Waals surface area (Å²) in [4.78, 5) is 4.12. The molecule has 2 rings (SSSR count). The average Bonchev–Trinajstić information content (AvgIpc) is 2.54. The Morgan fingerprint density at radius 1 is 1.29 bits per heavy atom. The Hall–Kier alpha value is -1.76. The molecule has 0 bridgehead atoms. The van der Waals surface area contributed by atoms with Crippen LogP contribution in [0.3, 0.4) is 0 Å². The highest BCUT2D eigenvalue weighted by Crippen LogP contribution is 2.30. The van der Waals surface area contributed by atoms with E-state index in [1.54, 1.807) is 34.1 Å². The molecule has 0 saturated carbocycles. The molecular formula is C17H21ClN2O3S. The van der Waals surface area contributed by atoms with Gasteiger partial charge in [0.2, 0.25) is 5.88 Å². The zero-order valence-corrected chi connectivity index (χ0v) is 15.6. The van der Waals surface area contributed by atoms with Crippen molar-refractivity contribution in [3.63, 3.8) is 0 Å². The van der Waals surface area contributed by atoms with Crippen molar-refractivity contribution in [2.75, 3.05) is 7.11 Å². The summed E-state index contributed by atoms with van der Waals surface area (Å²) in [5, 5.41) is 7.71. The maximum Gasteiger partial charge on any atom is 0.221 e. The molecule has 1 atom stereocenters. The van der Waals surface area contributed by atoms with E-state index in [1.807, 2.05) is 30.3 Å². The largest absolute Gasteiger partial charge is 0.481 e. The second-order valence-electron chi connectivity index (χ2n) is 5.84. The first-order chi connectivity index (χ1) is 11.2. The van der Waals surface area contributed by atoms with E-state index in [4.69, 9.17) is 26.3 Å². The molecule has 0 aliphatic heterocycles. The van der Waals surface area contributed by atoms with E-state index >= 15 is 0 Å². The van der Waals surface area contributed by atoms with Crippen molar-refractivity contribution in [1.82, 2.24) is 4.98 Å². The molecule has 0 aliphatic rings. The van der Waals surface area contributed by atoms with Crippen LogP contribution < -0.4 is 4.74 Å². The highest BCUT2D eigenvalue weighted by molar-refractivity contribution is 7.80. The van der Waals surface area contributed by atoms with Gasteiger partial charge in [-0.15, -0.1) is 0 Å². The minimum Gasteiger partial charge on any atom is -0.481 e. The van der Waals surface area contributed by atoms with Crippen molar-refractivity contribution in [2.24, 2.45) is 0 Å². The van der Waals surface area contributed by atoms with Crippen LogP contribution in [0.25, 0.3) is 11.1 Å². The number of benzene rings is 1. The van der Waals surface area contributed by atoms with Crippen molar-refractivity contribution in [1.29, 1.82) is 5.41 Å². The molecule has 1 aromatic heterocycles. The highest BCUT2D eigenvalue weighted by atomic mass is 35.5. The van der Waals surface area contributed by atoms with Crippen molar-refractivity contribution in [3.8, 4) is 17.0 Å². The molecule has 1 unspecified atom stereocenters. The lowest BCUT2D eigenvalue weighted by atomic mass is 10.1. The molecule has 0 fully saturated rings. The number of hydrogen-bond acceptors (Lipinski definition) is 4. The Morgan fingerprint density at radius 2 is 1.83 bits per heavy atom. The highest BCUT2D eigenvalue weighted by Gasteiger charge is 2.16. The number of methoxy groups -OCH3 is 1. The van der Waals surface area contributed by atoms with Gasteiger partial charge >= 0.3 is 0 Å². The van der Waals surface area contributed by atoms with Crippen LogP contribution >= 0.6 is 11.6 Å². The quantitative estimate of drug-likeness (QED) is 0.620. The van der Waals surface area contributed by atoms with E-state index in [1.165, 1.54) is 6.21 Å². The lowest BCUT2D eigenvalue weighted by Gasteiger charge is -2.10. The normalized spacial score (nSPS) is 11.9. The average molecular weight is 369 g/mol. The first kappa shape index (κ1) is 20.3. The molecule has 5 nitrogen and oxygen atoms in total. The van der Waals surface area contributed by atoms with Crippen molar-refractivity contribution >= 4 is 28.9 Å². The van der Waals surface area contributed by atoms with Crippen LogP contribution in [0.5, 0.6) is 5.88 Å². The van der Waals surface area contributed by atoms with Gasteiger partial charge in [-0.05, 0) is 38.0 Å². The maximum atomic E-state index is 10.1. The first-order valence-electron chi connectivity index (χ1n) is 7.10. The second-order valence-corrected chi connectivity index (χ2v) is 8.00. The molecule has 1 aromatic carbocycles. The minimum atomic E-state index is -1.68. The Bertz CT molecular complexity index is 713. The van der Waals surface area contributed by atoms with Crippen LogP contribution in [-0.4, -0.2) is 31.8 Å². The summed E-state index contributed by atoms with van der Waals surface area (Å²) in [6.07, 6.45) is 2.85. The summed E-state index contributed by atoms with van der Waals surface area (Å²) in [6, 6.07) is 9.37. The Balaban J connectivity index is 0.000000351. The molecule has 0 saturated heterocycles. The molecule has 0 aliphatic carbocycles. The Labute approximate surface area is 149 Å². The summed E-state index contributed by atoms with van der Waals surface area (Å²) in [5.74, 6) is 0.539. The molecule has 2 aromatic rings. The van der Waals surface area contributed by atoms with E-state index in [9.17, 15) is 4.21 Å².